The van der Waals surface area contributed by atoms with Crippen LogP contribution in [0.1, 0.15) is 12.1 Å². The number of nitrogens with one attached hydrogen (secondary N) is 1. The van der Waals surface area contributed by atoms with Crippen molar-refractivity contribution in [3.05, 3.63) is 30.1 Å². The van der Waals surface area contributed by atoms with E-state index in [1.807, 2.05) is 0 Å². The molecule has 0 radical (unpaired) electrons. The first-order valence-corrected chi connectivity index (χ1v) is 8.03. The molecule has 1 saturated heterocycles. The molecule has 2 atom stereocenters. The Bertz CT molecular complexity index is 627. The first-order chi connectivity index (χ1) is 9.40. The van der Waals surface area contributed by atoms with Crippen LogP contribution in [0.5, 0.6) is 0 Å². The minimum atomic E-state index is -3.27. The van der Waals surface area contributed by atoms with E-state index in [4.69, 9.17) is 0 Å². The summed E-state index contributed by atoms with van der Waals surface area (Å²) in [6, 6.07) is 5.24. The van der Waals surface area contributed by atoms with Crippen molar-refractivity contribution in [2.24, 2.45) is 4.99 Å². The minimum absolute atomic E-state index is 0.175. The molecule has 0 bridgehead atoms. The number of pyridine rings is 1. The number of aromatic nitrogens is 1. The molecule has 0 aliphatic carbocycles. The van der Waals surface area contributed by atoms with E-state index in [1.54, 1.807) is 24.4 Å². The Morgan fingerprint density at radius 2 is 2.30 bits per heavy atom. The third kappa shape index (κ3) is 2.26. The SMILES string of the molecule is C[S+](=O)([O-])N1CCC2(C1)N=C(c1ccccn1)C(=O)N2. The van der Waals surface area contributed by atoms with Crippen LogP contribution in [0.4, 0.5) is 0 Å². The molecule has 1 spiro atoms. The molecule has 1 fully saturated rings. The van der Waals surface area contributed by atoms with Crippen molar-refractivity contribution in [3.63, 3.8) is 0 Å². The van der Waals surface area contributed by atoms with Gasteiger partial charge in [-0.15, -0.1) is 4.31 Å². The smallest absolute Gasteiger partial charge is 0.273 e. The van der Waals surface area contributed by atoms with Crippen molar-refractivity contribution >= 4 is 22.0 Å². The Morgan fingerprint density at radius 3 is 2.90 bits per heavy atom. The first-order valence-electron chi connectivity index (χ1n) is 6.19. The zero-order valence-electron chi connectivity index (χ0n) is 10.9. The van der Waals surface area contributed by atoms with E-state index in [-0.39, 0.29) is 18.2 Å². The van der Waals surface area contributed by atoms with Gasteiger partial charge in [0.05, 0.1) is 12.2 Å². The van der Waals surface area contributed by atoms with Gasteiger partial charge in [-0.3, -0.25) is 9.78 Å². The molecule has 3 heterocycles. The largest absolute Gasteiger partial charge is 0.598 e. The van der Waals surface area contributed by atoms with Crippen molar-refractivity contribution in [1.29, 1.82) is 0 Å². The van der Waals surface area contributed by atoms with Crippen molar-refractivity contribution in [2.75, 3.05) is 19.3 Å². The minimum Gasteiger partial charge on any atom is -0.598 e. The molecule has 106 valence electrons. The molecule has 2 unspecified atom stereocenters. The molecule has 2 aliphatic rings. The fourth-order valence-electron chi connectivity index (χ4n) is 2.48. The number of hydrogen-bond acceptors (Lipinski definition) is 5. The van der Waals surface area contributed by atoms with E-state index in [0.717, 1.165) is 6.26 Å². The van der Waals surface area contributed by atoms with Gasteiger partial charge in [0, 0.05) is 19.2 Å². The Morgan fingerprint density at radius 1 is 1.50 bits per heavy atom. The maximum atomic E-state index is 12.0. The summed E-state index contributed by atoms with van der Waals surface area (Å²) in [5, 5.41) is 2.79. The molecule has 1 aromatic heterocycles. The highest BCUT2D eigenvalue weighted by Gasteiger charge is 2.49. The van der Waals surface area contributed by atoms with Crippen LogP contribution in [0.15, 0.2) is 29.4 Å². The van der Waals surface area contributed by atoms with Gasteiger partial charge in [-0.2, -0.15) is 0 Å². The fourth-order valence-corrected chi connectivity index (χ4v) is 3.35. The Hall–Kier alpha value is -1.64. The molecule has 1 amide bonds. The van der Waals surface area contributed by atoms with E-state index in [0.29, 0.717) is 18.7 Å². The average Bonchev–Trinajstić information content (AvgIpc) is 2.95. The fraction of sp³-hybridized carbons (Fsp3) is 0.417. The lowest BCUT2D eigenvalue weighted by Crippen LogP contribution is -2.46. The number of carbonyl (C=O) groups excluding carboxylic acids is 1. The molecule has 7 nitrogen and oxygen atoms in total. The molecule has 1 aromatic rings. The van der Waals surface area contributed by atoms with Crippen molar-refractivity contribution in [3.8, 4) is 0 Å². The number of amides is 1. The maximum absolute atomic E-state index is 12.0. The third-order valence-electron chi connectivity index (χ3n) is 3.48. The van der Waals surface area contributed by atoms with E-state index >= 15 is 0 Å². The number of carbonyl (C=O) groups is 1. The molecule has 2 aliphatic heterocycles. The third-order valence-corrected chi connectivity index (χ3v) is 4.73. The van der Waals surface area contributed by atoms with E-state index in [9.17, 15) is 13.6 Å². The molecule has 20 heavy (non-hydrogen) atoms. The lowest BCUT2D eigenvalue weighted by atomic mass is 10.1. The van der Waals surface area contributed by atoms with E-state index in [2.05, 4.69) is 15.3 Å². The van der Waals surface area contributed by atoms with Crippen LogP contribution < -0.4 is 5.32 Å². The molecule has 0 saturated carbocycles. The number of hydrogen-bond donors (Lipinski definition) is 1. The van der Waals surface area contributed by atoms with Crippen LogP contribution in [0, 0.1) is 0 Å². The van der Waals surface area contributed by atoms with Gasteiger partial charge in [-0.25, -0.2) is 4.99 Å². The summed E-state index contributed by atoms with van der Waals surface area (Å²) >= 11 is 0. The number of aliphatic imine (C=N–C) groups is 1. The normalized spacial score (nSPS) is 29.3. The zero-order chi connectivity index (χ0) is 14.4. The molecular weight excluding hydrogens is 280 g/mol. The van der Waals surface area contributed by atoms with Crippen molar-refractivity contribution in [1.82, 2.24) is 14.6 Å². The predicted octanol–water partition coefficient (Wildman–Crippen LogP) is -0.423. The van der Waals surface area contributed by atoms with E-state index < -0.39 is 16.1 Å². The predicted molar refractivity (Wildman–Crippen MR) is 72.6 cm³/mol. The van der Waals surface area contributed by atoms with Gasteiger partial charge in [0.2, 0.25) is 0 Å². The van der Waals surface area contributed by atoms with Crippen LogP contribution in [0.2, 0.25) is 0 Å². The average molecular weight is 294 g/mol. The summed E-state index contributed by atoms with van der Waals surface area (Å²) in [5.41, 5.74) is -0.0758. The van der Waals surface area contributed by atoms with E-state index in [1.165, 1.54) is 4.31 Å². The van der Waals surface area contributed by atoms with Crippen molar-refractivity contribution in [2.45, 2.75) is 12.1 Å². The Labute approximate surface area is 117 Å². The van der Waals surface area contributed by atoms with Crippen LogP contribution >= 0.6 is 0 Å². The molecule has 8 heteroatoms. The number of sulfonamides is 1. The van der Waals surface area contributed by atoms with Crippen LogP contribution in [-0.4, -0.2) is 50.5 Å². The lowest BCUT2D eigenvalue weighted by Gasteiger charge is -2.22. The highest BCUT2D eigenvalue weighted by Crippen LogP contribution is 2.30. The zero-order valence-corrected chi connectivity index (χ0v) is 11.7. The Kier molecular flexibility index (Phi) is 2.96. The lowest BCUT2D eigenvalue weighted by molar-refractivity contribution is -0.115. The highest BCUT2D eigenvalue weighted by molar-refractivity contribution is 7.94. The summed E-state index contributed by atoms with van der Waals surface area (Å²) in [6.07, 6.45) is 3.22. The van der Waals surface area contributed by atoms with Gasteiger partial charge in [0.25, 0.3) is 5.91 Å². The number of nitrogens with zero attached hydrogens (tertiary/aromatic N) is 3. The summed E-state index contributed by atoms with van der Waals surface area (Å²) in [7, 11) is -3.27. The maximum Gasteiger partial charge on any atom is 0.273 e. The van der Waals surface area contributed by atoms with Crippen LogP contribution in [0.3, 0.4) is 0 Å². The summed E-state index contributed by atoms with van der Waals surface area (Å²) in [5.74, 6) is -0.306. The topological polar surface area (TPSA) is 97.7 Å². The second-order valence-corrected chi connectivity index (χ2v) is 6.99. The van der Waals surface area contributed by atoms with Gasteiger partial charge in [0.1, 0.15) is 16.7 Å². The van der Waals surface area contributed by atoms with Gasteiger partial charge in [0.15, 0.2) is 11.4 Å². The van der Waals surface area contributed by atoms with Gasteiger partial charge in [-0.1, -0.05) is 10.3 Å². The first kappa shape index (κ1) is 13.3. The molecular formula is C12H14N4O3S. The Balaban J connectivity index is 1.90. The monoisotopic (exact) mass is 294 g/mol. The van der Waals surface area contributed by atoms with Gasteiger partial charge in [-0.05, 0) is 12.1 Å². The van der Waals surface area contributed by atoms with Gasteiger partial charge < -0.3 is 9.87 Å². The molecule has 1 N–H and O–H groups in total. The highest BCUT2D eigenvalue weighted by atomic mass is 32.3. The van der Waals surface area contributed by atoms with Crippen molar-refractivity contribution < 1.29 is 13.6 Å². The molecule has 0 aromatic carbocycles. The number of rotatable bonds is 2. The second-order valence-electron chi connectivity index (χ2n) is 5.01. The quantitative estimate of drug-likeness (QED) is 0.749. The summed E-state index contributed by atoms with van der Waals surface area (Å²) in [6.45, 7) is 0.534. The second kappa shape index (κ2) is 4.44. The summed E-state index contributed by atoms with van der Waals surface area (Å²) < 4.78 is 24.4. The molecule has 3 rings (SSSR count). The van der Waals surface area contributed by atoms with Gasteiger partial charge >= 0.3 is 0 Å². The summed E-state index contributed by atoms with van der Waals surface area (Å²) in [4.78, 5) is 20.6. The van der Waals surface area contributed by atoms with Crippen LogP contribution in [-0.2, 0) is 19.4 Å². The standard InChI is InChI=1S/C12H14N4O3S/c1-20(18,19)16-7-5-12(8-16)14-10(11(17)15-12)9-4-2-3-6-13-9/h2-4,6H,5,7-8H2,1H3,(H-,15,17,18,19). The van der Waals surface area contributed by atoms with Crippen LogP contribution in [0.25, 0.3) is 0 Å².